The first-order valence-electron chi connectivity index (χ1n) is 5.41. The van der Waals surface area contributed by atoms with Crippen molar-refractivity contribution in [2.45, 2.75) is 0 Å². The average Bonchev–Trinajstić information content (AvgIpc) is 2.37. The highest BCUT2D eigenvalue weighted by Gasteiger charge is 2.05. The number of aromatic hydroxyl groups is 1. The number of phenolic OH excluding ortho intramolecular Hbond substituents is 1. The van der Waals surface area contributed by atoms with E-state index in [1.807, 2.05) is 30.3 Å². The van der Waals surface area contributed by atoms with E-state index in [0.717, 1.165) is 21.5 Å². The number of hydrogen-bond donors (Lipinski definition) is 1. The second kappa shape index (κ2) is 3.54. The molecule has 0 aliphatic rings. The smallest absolute Gasteiger partial charge is 0.139 e. The van der Waals surface area contributed by atoms with Gasteiger partial charge >= 0.3 is 0 Å². The Labute approximate surface area is 99.3 Å². The summed E-state index contributed by atoms with van der Waals surface area (Å²) in [6.45, 7) is 0. The van der Waals surface area contributed by atoms with Crippen molar-refractivity contribution in [3.63, 3.8) is 0 Å². The van der Waals surface area contributed by atoms with Crippen LogP contribution in [0.4, 0.5) is 0 Å². The Kier molecular flexibility index (Phi) is 2.03. The van der Waals surface area contributed by atoms with E-state index in [-0.39, 0.29) is 5.75 Å². The van der Waals surface area contributed by atoms with Gasteiger partial charge in [-0.25, -0.2) is 0 Å². The maximum atomic E-state index is 10.1. The van der Waals surface area contributed by atoms with Crippen LogP contribution in [0, 0.1) is 12.3 Å². The molecule has 1 N–H and O–H groups in total. The minimum atomic E-state index is 0.191. The molecule has 1 heteroatoms. The second-order valence-corrected chi connectivity index (χ2v) is 4.03. The molecule has 0 unspecified atom stereocenters. The molecule has 0 saturated heterocycles. The third-order valence-corrected chi connectivity index (χ3v) is 3.01. The molecule has 17 heavy (non-hydrogen) atoms. The molecule has 0 aromatic heterocycles. The van der Waals surface area contributed by atoms with Crippen LogP contribution in [0.1, 0.15) is 5.56 Å². The van der Waals surface area contributed by atoms with Crippen molar-refractivity contribution in [3.8, 4) is 18.1 Å². The van der Waals surface area contributed by atoms with Gasteiger partial charge in [0, 0.05) is 5.39 Å². The predicted octanol–water partition coefficient (Wildman–Crippen LogP) is 3.68. The van der Waals surface area contributed by atoms with Crippen molar-refractivity contribution >= 4 is 21.5 Å². The van der Waals surface area contributed by atoms with E-state index in [0.29, 0.717) is 5.56 Å². The van der Waals surface area contributed by atoms with Crippen LogP contribution >= 0.6 is 0 Å². The molecule has 0 atom stereocenters. The van der Waals surface area contributed by atoms with Gasteiger partial charge in [-0.2, -0.15) is 0 Å². The standard InChI is InChI=1S/C16H10O/c1-2-11-7-8-14-9-12-5-3-4-6-13(12)10-15(14)16(11)17/h1,3-10,17H. The fourth-order valence-corrected chi connectivity index (χ4v) is 2.11. The zero-order valence-electron chi connectivity index (χ0n) is 9.14. The normalized spacial score (nSPS) is 10.5. The number of terminal acetylenes is 1. The lowest BCUT2D eigenvalue weighted by Gasteiger charge is -2.05. The predicted molar refractivity (Wildman–Crippen MR) is 71.1 cm³/mol. The van der Waals surface area contributed by atoms with Gasteiger partial charge in [-0.1, -0.05) is 36.3 Å². The van der Waals surface area contributed by atoms with E-state index in [9.17, 15) is 5.11 Å². The van der Waals surface area contributed by atoms with Gasteiger partial charge in [0.1, 0.15) is 5.75 Å². The molecule has 0 saturated carbocycles. The van der Waals surface area contributed by atoms with Crippen LogP contribution in [-0.4, -0.2) is 5.11 Å². The van der Waals surface area contributed by atoms with Crippen molar-refractivity contribution in [2.75, 3.05) is 0 Å². The van der Waals surface area contributed by atoms with Gasteiger partial charge in [0.15, 0.2) is 0 Å². The van der Waals surface area contributed by atoms with E-state index in [1.165, 1.54) is 0 Å². The van der Waals surface area contributed by atoms with Gasteiger partial charge in [0.05, 0.1) is 5.56 Å². The van der Waals surface area contributed by atoms with Crippen molar-refractivity contribution in [2.24, 2.45) is 0 Å². The Hall–Kier alpha value is -2.46. The molecule has 0 fully saturated rings. The first-order chi connectivity index (χ1) is 8.29. The van der Waals surface area contributed by atoms with Crippen LogP contribution in [-0.2, 0) is 0 Å². The molecule has 3 aromatic rings. The molecule has 0 aliphatic carbocycles. The maximum Gasteiger partial charge on any atom is 0.139 e. The molecule has 0 spiro atoms. The molecular weight excluding hydrogens is 208 g/mol. The number of benzene rings is 3. The fourth-order valence-electron chi connectivity index (χ4n) is 2.11. The highest BCUT2D eigenvalue weighted by molar-refractivity contribution is 6.01. The lowest BCUT2D eigenvalue weighted by molar-refractivity contribution is 0.480. The minimum absolute atomic E-state index is 0.191. The van der Waals surface area contributed by atoms with Gasteiger partial charge in [0.2, 0.25) is 0 Å². The van der Waals surface area contributed by atoms with Crippen molar-refractivity contribution < 1.29 is 5.11 Å². The molecule has 0 radical (unpaired) electrons. The van der Waals surface area contributed by atoms with Crippen LogP contribution in [0.3, 0.4) is 0 Å². The fraction of sp³-hybridized carbons (Fsp3) is 0. The van der Waals surface area contributed by atoms with E-state index in [2.05, 4.69) is 18.1 Å². The second-order valence-electron chi connectivity index (χ2n) is 4.03. The lowest BCUT2D eigenvalue weighted by Crippen LogP contribution is -1.81. The first kappa shape index (κ1) is 9.74. The summed E-state index contributed by atoms with van der Waals surface area (Å²) >= 11 is 0. The largest absolute Gasteiger partial charge is 0.506 e. The average molecular weight is 218 g/mol. The summed E-state index contributed by atoms with van der Waals surface area (Å²) in [6, 6.07) is 15.8. The van der Waals surface area contributed by atoms with Crippen LogP contribution in [0.2, 0.25) is 0 Å². The quantitative estimate of drug-likeness (QED) is 0.451. The maximum absolute atomic E-state index is 10.1. The highest BCUT2D eigenvalue weighted by atomic mass is 16.3. The lowest BCUT2D eigenvalue weighted by atomic mass is 10.0. The molecule has 3 rings (SSSR count). The summed E-state index contributed by atoms with van der Waals surface area (Å²) in [4.78, 5) is 0. The number of hydrogen-bond acceptors (Lipinski definition) is 1. The van der Waals surface area contributed by atoms with Crippen molar-refractivity contribution in [1.82, 2.24) is 0 Å². The topological polar surface area (TPSA) is 20.2 Å². The Morgan fingerprint density at radius 3 is 2.29 bits per heavy atom. The third kappa shape index (κ3) is 1.43. The first-order valence-corrected chi connectivity index (χ1v) is 5.41. The molecule has 80 valence electrons. The van der Waals surface area contributed by atoms with Crippen LogP contribution < -0.4 is 0 Å². The van der Waals surface area contributed by atoms with E-state index in [1.54, 1.807) is 6.07 Å². The summed E-state index contributed by atoms with van der Waals surface area (Å²) in [5, 5.41) is 14.1. The number of phenols is 1. The Morgan fingerprint density at radius 1 is 0.882 bits per heavy atom. The van der Waals surface area contributed by atoms with Gasteiger partial charge in [-0.15, -0.1) is 6.42 Å². The summed E-state index contributed by atoms with van der Waals surface area (Å²) in [5.74, 6) is 2.68. The Morgan fingerprint density at radius 2 is 1.59 bits per heavy atom. The Balaban J connectivity index is 2.49. The van der Waals surface area contributed by atoms with Crippen LogP contribution in [0.5, 0.6) is 5.75 Å². The van der Waals surface area contributed by atoms with Crippen LogP contribution in [0.25, 0.3) is 21.5 Å². The monoisotopic (exact) mass is 218 g/mol. The summed E-state index contributed by atoms with van der Waals surface area (Å²) < 4.78 is 0. The molecule has 0 amide bonds. The van der Waals surface area contributed by atoms with Crippen molar-refractivity contribution in [1.29, 1.82) is 0 Å². The Bertz CT molecular complexity index is 763. The highest BCUT2D eigenvalue weighted by Crippen LogP contribution is 2.31. The molecule has 0 aliphatic heterocycles. The summed E-state index contributed by atoms with van der Waals surface area (Å²) in [5.41, 5.74) is 0.535. The summed E-state index contributed by atoms with van der Waals surface area (Å²) in [6.07, 6.45) is 5.34. The van der Waals surface area contributed by atoms with Gasteiger partial charge in [0.25, 0.3) is 0 Å². The van der Waals surface area contributed by atoms with E-state index in [4.69, 9.17) is 6.42 Å². The third-order valence-electron chi connectivity index (χ3n) is 3.01. The molecule has 0 heterocycles. The molecular formula is C16H10O. The minimum Gasteiger partial charge on any atom is -0.506 e. The molecule has 1 nitrogen and oxygen atoms in total. The summed E-state index contributed by atoms with van der Waals surface area (Å²) in [7, 11) is 0. The number of fused-ring (bicyclic) bond motifs is 2. The van der Waals surface area contributed by atoms with Crippen molar-refractivity contribution in [3.05, 3.63) is 54.1 Å². The number of rotatable bonds is 0. The molecule has 3 aromatic carbocycles. The van der Waals surface area contributed by atoms with Gasteiger partial charge in [-0.05, 0) is 34.4 Å². The zero-order chi connectivity index (χ0) is 11.8. The zero-order valence-corrected chi connectivity index (χ0v) is 9.14. The van der Waals surface area contributed by atoms with Crippen LogP contribution in [0.15, 0.2) is 48.5 Å². The van der Waals surface area contributed by atoms with Gasteiger partial charge < -0.3 is 5.11 Å². The van der Waals surface area contributed by atoms with Gasteiger partial charge in [-0.3, -0.25) is 0 Å². The SMILES string of the molecule is C#Cc1ccc2cc3ccccc3cc2c1O. The van der Waals surface area contributed by atoms with E-state index < -0.39 is 0 Å². The van der Waals surface area contributed by atoms with E-state index >= 15 is 0 Å². The molecule has 0 bridgehead atoms.